The van der Waals surface area contributed by atoms with Crippen molar-refractivity contribution in [3.05, 3.63) is 60.4 Å². The Morgan fingerprint density at radius 1 is 1.15 bits per heavy atom. The van der Waals surface area contributed by atoms with Gasteiger partial charge in [0.15, 0.2) is 5.65 Å². The molecule has 1 atom stereocenters. The number of nitrogens with zero attached hydrogens (tertiary/aromatic N) is 6. The molecule has 1 fully saturated rings. The van der Waals surface area contributed by atoms with Gasteiger partial charge in [0.2, 0.25) is 11.9 Å². The smallest absolute Gasteiger partial charge is 0.205 e. The molecule has 10 heteroatoms. The number of imidazole rings is 2. The molecule has 0 spiro atoms. The number of pyridine rings is 2. The summed E-state index contributed by atoms with van der Waals surface area (Å²) in [5.41, 5.74) is 3.61. The summed E-state index contributed by atoms with van der Waals surface area (Å²) in [4.78, 5) is 23.8. The number of aromatic nitrogens is 6. The molecule has 0 aliphatic carbocycles. The minimum Gasteiger partial charge on any atom is -0.464 e. The molecule has 6 rings (SSSR count). The van der Waals surface area contributed by atoms with Gasteiger partial charge in [0.1, 0.15) is 17.0 Å². The summed E-state index contributed by atoms with van der Waals surface area (Å²) in [6.07, 6.45) is 6.41. The van der Waals surface area contributed by atoms with Gasteiger partial charge in [-0.05, 0) is 43.7 Å². The van der Waals surface area contributed by atoms with E-state index >= 15 is 0 Å². The summed E-state index contributed by atoms with van der Waals surface area (Å²) in [6.45, 7) is 6.32. The predicted molar refractivity (Wildman–Crippen MR) is 131 cm³/mol. The Kier molecular flexibility index (Phi) is 5.34. The second kappa shape index (κ2) is 8.79. The molecule has 1 aliphatic rings. The molecule has 1 unspecified atom stereocenters. The average molecular weight is 458 g/mol. The van der Waals surface area contributed by atoms with Crippen molar-refractivity contribution in [2.75, 3.05) is 36.8 Å². The lowest BCUT2D eigenvalue weighted by Gasteiger charge is -2.17. The summed E-state index contributed by atoms with van der Waals surface area (Å²) in [7, 11) is 0. The fourth-order valence-corrected chi connectivity index (χ4v) is 4.55. The van der Waals surface area contributed by atoms with E-state index < -0.39 is 0 Å². The summed E-state index contributed by atoms with van der Waals surface area (Å²) in [5, 5.41) is 7.05. The highest BCUT2D eigenvalue weighted by molar-refractivity contribution is 5.76. The lowest BCUT2D eigenvalue weighted by molar-refractivity contribution is 0.349. The summed E-state index contributed by atoms with van der Waals surface area (Å²) < 4.78 is 7.92. The van der Waals surface area contributed by atoms with E-state index in [9.17, 15) is 0 Å². The highest BCUT2D eigenvalue weighted by Crippen LogP contribution is 2.23. The molecule has 3 N–H and O–H groups in total. The number of hydrogen-bond acceptors (Lipinski definition) is 8. The maximum atomic E-state index is 5.82. The van der Waals surface area contributed by atoms with Crippen molar-refractivity contribution in [2.45, 2.75) is 25.9 Å². The van der Waals surface area contributed by atoms with Crippen LogP contribution in [0.1, 0.15) is 17.9 Å². The molecule has 0 saturated carbocycles. The lowest BCUT2D eigenvalue weighted by Crippen LogP contribution is -2.30. The second-order valence-corrected chi connectivity index (χ2v) is 8.72. The number of hydrogen-bond donors (Lipinski definition) is 3. The Hall–Kier alpha value is -3.92. The Bertz CT molecular complexity index is 1390. The number of likely N-dealkylation sites (tertiary alicyclic amines) is 1. The summed E-state index contributed by atoms with van der Waals surface area (Å²) in [5.74, 6) is 3.42. The molecular formula is C24H27N9O. The van der Waals surface area contributed by atoms with Crippen LogP contribution in [-0.2, 0) is 6.54 Å². The van der Waals surface area contributed by atoms with E-state index in [2.05, 4.69) is 40.0 Å². The first kappa shape index (κ1) is 20.7. The zero-order valence-corrected chi connectivity index (χ0v) is 19.0. The number of rotatable bonds is 8. The molecule has 0 bridgehead atoms. The third-order valence-corrected chi connectivity index (χ3v) is 6.22. The van der Waals surface area contributed by atoms with E-state index in [4.69, 9.17) is 9.40 Å². The normalized spacial score (nSPS) is 16.6. The van der Waals surface area contributed by atoms with Gasteiger partial charge in [-0.25, -0.2) is 15.0 Å². The van der Waals surface area contributed by atoms with E-state index in [0.29, 0.717) is 12.6 Å². The number of furan rings is 1. The Morgan fingerprint density at radius 2 is 2.12 bits per heavy atom. The number of aryl methyl sites for hydroxylation is 1. The highest BCUT2D eigenvalue weighted by Gasteiger charge is 2.24. The van der Waals surface area contributed by atoms with Gasteiger partial charge in [0, 0.05) is 44.6 Å². The van der Waals surface area contributed by atoms with Crippen molar-refractivity contribution in [2.24, 2.45) is 0 Å². The fraction of sp³-hybridized carbons (Fsp3) is 0.333. The molecule has 10 nitrogen and oxygen atoms in total. The first-order chi connectivity index (χ1) is 16.7. The Balaban J connectivity index is 1.09. The van der Waals surface area contributed by atoms with Crippen molar-refractivity contribution in [3.63, 3.8) is 0 Å². The molecule has 0 radical (unpaired) electrons. The fourth-order valence-electron chi connectivity index (χ4n) is 4.55. The van der Waals surface area contributed by atoms with Gasteiger partial charge >= 0.3 is 0 Å². The zero-order chi connectivity index (χ0) is 22.9. The monoisotopic (exact) mass is 457 g/mol. The van der Waals surface area contributed by atoms with E-state index in [1.165, 1.54) is 0 Å². The van der Waals surface area contributed by atoms with Crippen molar-refractivity contribution in [3.8, 4) is 0 Å². The largest absolute Gasteiger partial charge is 0.464 e. The van der Waals surface area contributed by atoms with Crippen LogP contribution in [0, 0.1) is 6.92 Å². The van der Waals surface area contributed by atoms with Crippen LogP contribution in [-0.4, -0.2) is 66.6 Å². The lowest BCUT2D eigenvalue weighted by atomic mass is 10.3. The predicted octanol–water partition coefficient (Wildman–Crippen LogP) is 3.25. The second-order valence-electron chi connectivity index (χ2n) is 8.72. The van der Waals surface area contributed by atoms with Crippen LogP contribution >= 0.6 is 0 Å². The van der Waals surface area contributed by atoms with Crippen LogP contribution in [0.5, 0.6) is 0 Å². The van der Waals surface area contributed by atoms with Crippen LogP contribution in [0.3, 0.4) is 0 Å². The SMILES string of the molecule is Cc1ccc(Cn2c(NC3CCN(CCNc4nc5ccncc5[nH]4)C3)nc3cccnc32)o1. The van der Waals surface area contributed by atoms with Crippen LogP contribution in [0.25, 0.3) is 22.2 Å². The number of H-pyrrole nitrogens is 1. The average Bonchev–Trinajstić information content (AvgIpc) is 3.62. The Labute approximate surface area is 196 Å². The number of fused-ring (bicyclic) bond motifs is 2. The van der Waals surface area contributed by atoms with Crippen molar-refractivity contribution in [1.29, 1.82) is 0 Å². The highest BCUT2D eigenvalue weighted by atomic mass is 16.3. The Morgan fingerprint density at radius 3 is 3.00 bits per heavy atom. The van der Waals surface area contributed by atoms with Gasteiger partial charge in [-0.1, -0.05) is 0 Å². The van der Waals surface area contributed by atoms with Gasteiger partial charge in [-0.15, -0.1) is 0 Å². The van der Waals surface area contributed by atoms with Gasteiger partial charge in [-0.3, -0.25) is 14.5 Å². The molecule has 1 saturated heterocycles. The first-order valence-electron chi connectivity index (χ1n) is 11.6. The molecule has 0 amide bonds. The van der Waals surface area contributed by atoms with E-state index in [-0.39, 0.29) is 0 Å². The molecule has 5 aromatic heterocycles. The standard InChI is InChI=1S/C24H27N9O/c1-16-4-5-18(34-16)15-33-22-20(3-2-8-26-22)31-24(33)28-17-7-11-32(14-17)12-10-27-23-29-19-6-9-25-13-21(19)30-23/h2-6,8-9,13,17H,7,10-12,14-15H2,1H3,(H,28,31)(H2,27,29,30). The first-order valence-corrected chi connectivity index (χ1v) is 11.6. The van der Waals surface area contributed by atoms with Gasteiger partial charge in [-0.2, -0.15) is 0 Å². The van der Waals surface area contributed by atoms with Gasteiger partial charge in [0.05, 0.1) is 23.8 Å². The summed E-state index contributed by atoms with van der Waals surface area (Å²) in [6, 6.07) is 10.1. The van der Waals surface area contributed by atoms with Crippen LogP contribution in [0.15, 0.2) is 53.3 Å². The van der Waals surface area contributed by atoms with Crippen molar-refractivity contribution < 1.29 is 4.42 Å². The molecule has 1 aliphatic heterocycles. The van der Waals surface area contributed by atoms with Crippen LogP contribution < -0.4 is 10.6 Å². The van der Waals surface area contributed by atoms with Crippen molar-refractivity contribution >= 4 is 34.1 Å². The minimum absolute atomic E-state index is 0.325. The summed E-state index contributed by atoms with van der Waals surface area (Å²) >= 11 is 0. The van der Waals surface area contributed by atoms with Gasteiger partial charge in [0.25, 0.3) is 0 Å². The van der Waals surface area contributed by atoms with Crippen LogP contribution in [0.2, 0.25) is 0 Å². The molecule has 174 valence electrons. The zero-order valence-electron chi connectivity index (χ0n) is 19.0. The third-order valence-electron chi connectivity index (χ3n) is 6.22. The molecule has 0 aromatic carbocycles. The topological polar surface area (TPSA) is 113 Å². The van der Waals surface area contributed by atoms with Crippen LogP contribution in [0.4, 0.5) is 11.9 Å². The molecule has 6 heterocycles. The number of nitrogens with one attached hydrogen (secondary N) is 3. The molecular weight excluding hydrogens is 430 g/mol. The van der Waals surface area contributed by atoms with E-state index in [1.807, 2.05) is 37.3 Å². The third kappa shape index (κ3) is 4.19. The van der Waals surface area contributed by atoms with E-state index in [0.717, 1.165) is 78.2 Å². The minimum atomic E-state index is 0.325. The molecule has 34 heavy (non-hydrogen) atoms. The molecule has 5 aromatic rings. The number of anilines is 2. The quantitative estimate of drug-likeness (QED) is 0.326. The maximum absolute atomic E-state index is 5.82. The number of aromatic amines is 1. The maximum Gasteiger partial charge on any atom is 0.205 e. The van der Waals surface area contributed by atoms with E-state index in [1.54, 1.807) is 18.6 Å². The van der Waals surface area contributed by atoms with Crippen molar-refractivity contribution in [1.82, 2.24) is 34.4 Å². The van der Waals surface area contributed by atoms with Gasteiger partial charge < -0.3 is 20.0 Å².